The van der Waals surface area contributed by atoms with Crippen molar-refractivity contribution in [3.8, 4) is 0 Å². The molecule has 0 aliphatic heterocycles. The third-order valence-corrected chi connectivity index (χ3v) is 4.67. The highest BCUT2D eigenvalue weighted by Crippen LogP contribution is 2.21. The van der Waals surface area contributed by atoms with E-state index in [0.717, 1.165) is 11.8 Å². The Morgan fingerprint density at radius 2 is 1.82 bits per heavy atom. The topological polar surface area (TPSA) is 75.3 Å². The van der Waals surface area contributed by atoms with Gasteiger partial charge < -0.3 is 5.32 Å². The summed E-state index contributed by atoms with van der Waals surface area (Å²) in [6.45, 7) is 7.87. The Balaban J connectivity index is 2.75. The molecule has 22 heavy (non-hydrogen) atoms. The van der Waals surface area contributed by atoms with Crippen LogP contribution in [0.15, 0.2) is 24.3 Å². The molecule has 1 amide bonds. The van der Waals surface area contributed by atoms with Gasteiger partial charge in [-0.05, 0) is 36.8 Å². The van der Waals surface area contributed by atoms with Gasteiger partial charge in [0.2, 0.25) is 15.9 Å². The largest absolute Gasteiger partial charge is 0.349 e. The summed E-state index contributed by atoms with van der Waals surface area (Å²) in [5, 5.41) is 3.22. The van der Waals surface area contributed by atoms with E-state index in [1.807, 2.05) is 19.9 Å². The first-order valence-electron chi connectivity index (χ1n) is 7.12. The number of hydrogen-bond acceptors (Lipinski definition) is 4. The molecule has 0 fully saturated rings. The molecule has 1 rings (SSSR count). The number of nitrogens with one attached hydrogen (secondary N) is 2. The summed E-state index contributed by atoms with van der Waals surface area (Å²) < 4.78 is 25.0. The number of hydrogen-bond donors (Lipinski definition) is 2. The number of carbonyl (C=O) groups is 1. The van der Waals surface area contributed by atoms with E-state index in [1.165, 1.54) is 0 Å². The highest BCUT2D eigenvalue weighted by atomic mass is 32.2. The number of anilines is 1. The Hall–Kier alpha value is -1.21. The molecule has 0 aromatic heterocycles. The molecule has 0 aliphatic rings. The first-order chi connectivity index (χ1) is 10.1. The minimum Gasteiger partial charge on any atom is -0.349 e. The van der Waals surface area contributed by atoms with E-state index in [-0.39, 0.29) is 17.2 Å². The third-order valence-electron chi connectivity index (χ3n) is 2.89. The Morgan fingerprint density at radius 3 is 2.36 bits per heavy atom. The normalized spacial score (nSPS) is 14.5. The summed E-state index contributed by atoms with van der Waals surface area (Å²) >= 11 is 1.61. The van der Waals surface area contributed by atoms with Crippen molar-refractivity contribution in [2.75, 3.05) is 11.0 Å². The van der Waals surface area contributed by atoms with Crippen LogP contribution in [0.1, 0.15) is 39.3 Å². The van der Waals surface area contributed by atoms with E-state index in [9.17, 15) is 13.2 Å². The predicted molar refractivity (Wildman–Crippen MR) is 93.7 cm³/mol. The summed E-state index contributed by atoms with van der Waals surface area (Å²) in [6, 6.07) is 6.84. The summed E-state index contributed by atoms with van der Waals surface area (Å²) in [4.78, 5) is 12.1. The van der Waals surface area contributed by atoms with E-state index in [4.69, 9.17) is 0 Å². The maximum atomic E-state index is 12.1. The van der Waals surface area contributed by atoms with Crippen molar-refractivity contribution < 1.29 is 13.2 Å². The molecule has 2 N–H and O–H groups in total. The average Bonchev–Trinajstić information content (AvgIpc) is 2.36. The lowest BCUT2D eigenvalue weighted by molar-refractivity contribution is -0.120. The average molecular weight is 345 g/mol. The van der Waals surface area contributed by atoms with Crippen LogP contribution in [-0.2, 0) is 14.8 Å². The van der Waals surface area contributed by atoms with Crippen LogP contribution in [0.4, 0.5) is 5.69 Å². The molecule has 1 aromatic carbocycles. The van der Waals surface area contributed by atoms with Gasteiger partial charge in [0, 0.05) is 5.69 Å². The fraction of sp³-hybridized carbons (Fsp3) is 0.533. The second kappa shape index (κ2) is 7.87. The second-order valence-electron chi connectivity index (χ2n) is 5.56. The Labute approximate surface area is 137 Å². The van der Waals surface area contributed by atoms with Crippen molar-refractivity contribution in [1.82, 2.24) is 5.32 Å². The van der Waals surface area contributed by atoms with Crippen LogP contribution < -0.4 is 10.0 Å². The number of rotatable bonds is 7. The van der Waals surface area contributed by atoms with Crippen molar-refractivity contribution in [1.29, 1.82) is 0 Å². The molecule has 0 saturated heterocycles. The standard InChI is InChI=1S/C15H24N2O3S2/c1-10(2)21-12(4)15(18)16-11(3)13-7-6-8-14(9-13)17-22(5,19)20/h6-12,17H,1-5H3,(H,16,18)/t11-,12+/m0/s1. The van der Waals surface area contributed by atoms with Crippen molar-refractivity contribution in [3.63, 3.8) is 0 Å². The number of benzene rings is 1. The summed E-state index contributed by atoms with van der Waals surface area (Å²) in [6.07, 6.45) is 1.11. The molecular weight excluding hydrogens is 320 g/mol. The second-order valence-corrected chi connectivity index (χ2v) is 9.23. The van der Waals surface area contributed by atoms with Gasteiger partial charge in [-0.25, -0.2) is 8.42 Å². The van der Waals surface area contributed by atoms with Crippen LogP contribution in [0.25, 0.3) is 0 Å². The van der Waals surface area contributed by atoms with E-state index in [2.05, 4.69) is 23.9 Å². The van der Waals surface area contributed by atoms with Gasteiger partial charge in [0.25, 0.3) is 0 Å². The van der Waals surface area contributed by atoms with E-state index < -0.39 is 10.0 Å². The van der Waals surface area contributed by atoms with Gasteiger partial charge in [0.1, 0.15) is 0 Å². The first kappa shape index (κ1) is 18.8. The highest BCUT2D eigenvalue weighted by molar-refractivity contribution is 8.01. The zero-order chi connectivity index (χ0) is 16.9. The lowest BCUT2D eigenvalue weighted by Gasteiger charge is -2.19. The Bertz CT molecular complexity index is 615. The molecule has 0 spiro atoms. The molecule has 0 saturated carbocycles. The lowest BCUT2D eigenvalue weighted by atomic mass is 10.1. The first-order valence-corrected chi connectivity index (χ1v) is 9.95. The zero-order valence-electron chi connectivity index (χ0n) is 13.6. The van der Waals surface area contributed by atoms with Gasteiger partial charge in [-0.1, -0.05) is 26.0 Å². The molecule has 0 unspecified atom stereocenters. The van der Waals surface area contributed by atoms with E-state index in [1.54, 1.807) is 30.0 Å². The number of sulfonamides is 1. The maximum Gasteiger partial charge on any atom is 0.233 e. The minimum absolute atomic E-state index is 0.0207. The molecular formula is C15H24N2O3S2. The Kier molecular flexibility index (Phi) is 6.74. The van der Waals surface area contributed by atoms with Crippen LogP contribution in [0.5, 0.6) is 0 Å². The quantitative estimate of drug-likeness (QED) is 0.797. The lowest BCUT2D eigenvalue weighted by Crippen LogP contribution is -2.33. The smallest absolute Gasteiger partial charge is 0.233 e. The SMILES string of the molecule is CC(C)S[C@H](C)C(=O)N[C@@H](C)c1cccc(NS(C)(=O)=O)c1. The van der Waals surface area contributed by atoms with Crippen molar-refractivity contribution in [3.05, 3.63) is 29.8 Å². The molecule has 0 radical (unpaired) electrons. The minimum atomic E-state index is -3.31. The van der Waals surface area contributed by atoms with E-state index >= 15 is 0 Å². The van der Waals surface area contributed by atoms with Crippen molar-refractivity contribution in [2.24, 2.45) is 0 Å². The molecule has 0 aliphatic carbocycles. The van der Waals surface area contributed by atoms with Gasteiger partial charge in [-0.2, -0.15) is 0 Å². The highest BCUT2D eigenvalue weighted by Gasteiger charge is 2.18. The summed E-state index contributed by atoms with van der Waals surface area (Å²) in [5.41, 5.74) is 1.34. The third kappa shape index (κ3) is 6.70. The Morgan fingerprint density at radius 1 is 1.18 bits per heavy atom. The van der Waals surface area contributed by atoms with Crippen LogP contribution >= 0.6 is 11.8 Å². The predicted octanol–water partition coefficient (Wildman–Crippen LogP) is 2.77. The molecule has 1 aromatic rings. The molecule has 0 heterocycles. The van der Waals surface area contributed by atoms with Gasteiger partial charge in [-0.3, -0.25) is 9.52 Å². The fourth-order valence-electron chi connectivity index (χ4n) is 1.97. The molecule has 0 bridgehead atoms. The maximum absolute atomic E-state index is 12.1. The zero-order valence-corrected chi connectivity index (χ0v) is 15.2. The summed E-state index contributed by atoms with van der Waals surface area (Å²) in [5.74, 6) is -0.0207. The van der Waals surface area contributed by atoms with E-state index in [0.29, 0.717) is 10.9 Å². The van der Waals surface area contributed by atoms with Crippen LogP contribution in [-0.4, -0.2) is 31.1 Å². The van der Waals surface area contributed by atoms with Crippen LogP contribution in [0.3, 0.4) is 0 Å². The van der Waals surface area contributed by atoms with Gasteiger partial charge in [0.15, 0.2) is 0 Å². The summed E-state index contributed by atoms with van der Waals surface area (Å²) in [7, 11) is -3.31. The van der Waals surface area contributed by atoms with Crippen LogP contribution in [0.2, 0.25) is 0 Å². The van der Waals surface area contributed by atoms with Crippen molar-refractivity contribution in [2.45, 2.75) is 44.2 Å². The number of amides is 1. The van der Waals surface area contributed by atoms with Crippen LogP contribution in [0, 0.1) is 0 Å². The molecule has 7 heteroatoms. The molecule has 5 nitrogen and oxygen atoms in total. The monoisotopic (exact) mass is 344 g/mol. The number of thioether (sulfide) groups is 1. The van der Waals surface area contributed by atoms with Crippen molar-refractivity contribution >= 4 is 33.4 Å². The molecule has 124 valence electrons. The fourth-order valence-corrected chi connectivity index (χ4v) is 3.53. The van der Waals surface area contributed by atoms with Gasteiger partial charge >= 0.3 is 0 Å². The molecule has 2 atom stereocenters. The van der Waals surface area contributed by atoms with Gasteiger partial charge in [-0.15, -0.1) is 11.8 Å². The number of carbonyl (C=O) groups excluding carboxylic acids is 1. The van der Waals surface area contributed by atoms with Gasteiger partial charge in [0.05, 0.1) is 17.5 Å².